The van der Waals surface area contributed by atoms with Gasteiger partial charge in [0.05, 0.1) is 5.69 Å². The molecule has 0 aliphatic carbocycles. The molecule has 136 valence electrons. The first kappa shape index (κ1) is 18.2. The minimum Gasteiger partial charge on any atom is -0.297 e. The lowest BCUT2D eigenvalue weighted by molar-refractivity contribution is -0.111. The number of thioether (sulfide) groups is 1. The van der Waals surface area contributed by atoms with Crippen molar-refractivity contribution in [3.8, 4) is 0 Å². The van der Waals surface area contributed by atoms with Crippen molar-refractivity contribution in [1.82, 2.24) is 19.6 Å². The quantitative estimate of drug-likeness (QED) is 0.267. The second-order valence-electron chi connectivity index (χ2n) is 5.31. The third-order valence-corrected chi connectivity index (χ3v) is 6.57. The Bertz CT molecular complexity index is 1100. The van der Waals surface area contributed by atoms with Gasteiger partial charge < -0.3 is 0 Å². The molecule has 0 saturated heterocycles. The Morgan fingerprint density at radius 1 is 1.30 bits per heavy atom. The summed E-state index contributed by atoms with van der Waals surface area (Å²) in [6.07, 6.45) is 4.90. The van der Waals surface area contributed by atoms with Crippen LogP contribution in [-0.2, 0) is 10.5 Å². The van der Waals surface area contributed by atoms with Crippen molar-refractivity contribution < 1.29 is 4.79 Å². The average Bonchev–Trinajstić information content (AvgIpc) is 3.36. The summed E-state index contributed by atoms with van der Waals surface area (Å²) in [6.45, 7) is 0. The van der Waals surface area contributed by atoms with Gasteiger partial charge in [0.25, 0.3) is 0 Å². The molecule has 4 aromatic rings. The molecule has 0 saturated carbocycles. The molecule has 3 aromatic heterocycles. The highest BCUT2D eigenvalue weighted by molar-refractivity contribution is 8.00. The Morgan fingerprint density at radius 2 is 2.15 bits per heavy atom. The summed E-state index contributed by atoms with van der Waals surface area (Å²) in [5, 5.41) is 13.6. The van der Waals surface area contributed by atoms with Gasteiger partial charge in [-0.25, -0.2) is 4.98 Å². The van der Waals surface area contributed by atoms with Crippen LogP contribution in [0.3, 0.4) is 0 Å². The molecule has 0 spiro atoms. The fourth-order valence-corrected chi connectivity index (χ4v) is 4.98. The normalized spacial score (nSPS) is 11.4. The van der Waals surface area contributed by atoms with Gasteiger partial charge >= 0.3 is 0 Å². The van der Waals surface area contributed by atoms with Gasteiger partial charge in [0, 0.05) is 23.4 Å². The Balaban J connectivity index is 1.36. The highest BCUT2D eigenvalue weighted by Gasteiger charge is 2.10. The number of aromatic nitrogens is 4. The smallest absolute Gasteiger partial charge is 0.250 e. The molecule has 0 unspecified atom stereocenters. The van der Waals surface area contributed by atoms with E-state index in [0.29, 0.717) is 16.0 Å². The number of carbonyl (C=O) groups is 1. The fraction of sp³-hybridized carbons (Fsp3) is 0.0588. The van der Waals surface area contributed by atoms with Gasteiger partial charge in [-0.2, -0.15) is 0 Å². The van der Waals surface area contributed by atoms with Gasteiger partial charge in [0.1, 0.15) is 0 Å². The Morgan fingerprint density at radius 3 is 3.00 bits per heavy atom. The van der Waals surface area contributed by atoms with Gasteiger partial charge in [-0.05, 0) is 11.6 Å². The number of carbonyl (C=O) groups excluding carboxylic acids is 1. The van der Waals surface area contributed by atoms with Crippen molar-refractivity contribution >= 4 is 68.1 Å². The summed E-state index contributed by atoms with van der Waals surface area (Å²) < 4.78 is 2.64. The van der Waals surface area contributed by atoms with E-state index < -0.39 is 0 Å². The van der Waals surface area contributed by atoms with E-state index in [-0.39, 0.29) is 5.91 Å². The van der Waals surface area contributed by atoms with Crippen molar-refractivity contribution in [3.63, 3.8) is 0 Å². The van der Waals surface area contributed by atoms with Gasteiger partial charge in [0.2, 0.25) is 11.0 Å². The molecule has 0 aliphatic rings. The molecule has 6 nitrogen and oxygen atoms in total. The number of hydrogen-bond acceptors (Lipinski definition) is 7. The zero-order chi connectivity index (χ0) is 18.6. The van der Waals surface area contributed by atoms with Crippen LogP contribution in [0.2, 0.25) is 5.15 Å². The van der Waals surface area contributed by atoms with Crippen molar-refractivity contribution in [1.29, 1.82) is 0 Å². The van der Waals surface area contributed by atoms with Crippen LogP contribution in [0.1, 0.15) is 11.3 Å². The monoisotopic (exact) mass is 433 g/mol. The minimum atomic E-state index is -0.299. The Kier molecular flexibility index (Phi) is 5.53. The first-order valence-electron chi connectivity index (χ1n) is 7.79. The van der Waals surface area contributed by atoms with Crippen molar-refractivity contribution in [2.24, 2.45) is 0 Å². The van der Waals surface area contributed by atoms with Crippen LogP contribution in [0.5, 0.6) is 0 Å². The summed E-state index contributed by atoms with van der Waals surface area (Å²) in [5.41, 5.74) is 1.88. The highest BCUT2D eigenvalue weighted by Crippen LogP contribution is 2.28. The first-order valence-corrected chi connectivity index (χ1v) is 10.9. The molecule has 1 N–H and O–H groups in total. The maximum Gasteiger partial charge on any atom is 0.250 e. The summed E-state index contributed by atoms with van der Waals surface area (Å²) in [5.74, 6) is 0.506. The zero-order valence-electron chi connectivity index (χ0n) is 13.7. The first-order chi connectivity index (χ1) is 13.2. The largest absolute Gasteiger partial charge is 0.297 e. The van der Waals surface area contributed by atoms with E-state index in [1.807, 2.05) is 34.2 Å². The second kappa shape index (κ2) is 8.22. The SMILES string of the molecule is O=C(/C=C/c1c(Cl)nc2sccn12)Nc1nnc(SCc2ccccc2)s1. The van der Waals surface area contributed by atoms with E-state index in [1.54, 1.807) is 17.8 Å². The van der Waals surface area contributed by atoms with Gasteiger partial charge in [0.15, 0.2) is 14.5 Å². The second-order valence-corrected chi connectivity index (χ2v) is 8.74. The molecule has 0 radical (unpaired) electrons. The maximum absolute atomic E-state index is 12.1. The van der Waals surface area contributed by atoms with Gasteiger partial charge in [-0.3, -0.25) is 14.5 Å². The number of thiazole rings is 1. The van der Waals surface area contributed by atoms with Crippen LogP contribution in [0.25, 0.3) is 11.0 Å². The number of anilines is 1. The average molecular weight is 434 g/mol. The lowest BCUT2D eigenvalue weighted by Gasteiger charge is -1.97. The third kappa shape index (κ3) is 4.38. The molecule has 4 rings (SSSR count). The van der Waals surface area contributed by atoms with Gasteiger partial charge in [-0.15, -0.1) is 21.5 Å². The topological polar surface area (TPSA) is 72.2 Å². The van der Waals surface area contributed by atoms with Crippen LogP contribution in [0, 0.1) is 0 Å². The maximum atomic E-state index is 12.1. The standard InChI is InChI=1S/C17H12ClN5OS3/c18-14-12(23-8-9-25-16(23)20-14)6-7-13(24)19-15-21-22-17(27-15)26-10-11-4-2-1-3-5-11/h1-9H,10H2,(H,19,21,24)/b7-6+. The molecule has 0 aliphatic heterocycles. The number of imidazole rings is 1. The molecule has 0 fully saturated rings. The van der Waals surface area contributed by atoms with Crippen molar-refractivity contribution in [2.75, 3.05) is 5.32 Å². The third-order valence-electron chi connectivity index (χ3n) is 3.49. The predicted molar refractivity (Wildman–Crippen MR) is 112 cm³/mol. The van der Waals surface area contributed by atoms with E-state index in [2.05, 4.69) is 32.6 Å². The van der Waals surface area contributed by atoms with E-state index in [9.17, 15) is 4.79 Å². The number of hydrogen-bond donors (Lipinski definition) is 1. The molecule has 10 heteroatoms. The van der Waals surface area contributed by atoms with Crippen LogP contribution in [0.15, 0.2) is 52.3 Å². The lowest BCUT2D eigenvalue weighted by atomic mass is 10.2. The van der Waals surface area contributed by atoms with Crippen LogP contribution >= 0.6 is 46.0 Å². The molecule has 3 heterocycles. The number of halogens is 1. The zero-order valence-corrected chi connectivity index (χ0v) is 16.9. The number of nitrogens with zero attached hydrogens (tertiary/aromatic N) is 4. The highest BCUT2D eigenvalue weighted by atomic mass is 35.5. The van der Waals surface area contributed by atoms with E-state index in [1.165, 1.54) is 34.3 Å². The minimum absolute atomic E-state index is 0.299. The number of amides is 1. The number of nitrogens with one attached hydrogen (secondary N) is 1. The van der Waals surface area contributed by atoms with E-state index in [4.69, 9.17) is 11.6 Å². The molecular weight excluding hydrogens is 422 g/mol. The van der Waals surface area contributed by atoms with Gasteiger partial charge in [-0.1, -0.05) is 65.0 Å². The summed E-state index contributed by atoms with van der Waals surface area (Å²) in [6, 6.07) is 10.1. The molecule has 1 aromatic carbocycles. The lowest BCUT2D eigenvalue weighted by Crippen LogP contribution is -2.07. The van der Waals surface area contributed by atoms with Crippen LogP contribution < -0.4 is 5.32 Å². The van der Waals surface area contributed by atoms with E-state index >= 15 is 0 Å². The Labute approximate surface area is 171 Å². The predicted octanol–water partition coefficient (Wildman–Crippen LogP) is 4.84. The molecule has 0 atom stereocenters. The van der Waals surface area contributed by atoms with Crippen LogP contribution in [0.4, 0.5) is 5.13 Å². The summed E-state index contributed by atoms with van der Waals surface area (Å²) in [7, 11) is 0. The summed E-state index contributed by atoms with van der Waals surface area (Å²) >= 11 is 10.5. The molecule has 0 bridgehead atoms. The van der Waals surface area contributed by atoms with Crippen molar-refractivity contribution in [3.05, 3.63) is 64.4 Å². The number of rotatable bonds is 6. The molecule has 27 heavy (non-hydrogen) atoms. The van der Waals surface area contributed by atoms with E-state index in [0.717, 1.165) is 15.1 Å². The molecular formula is C17H12ClN5OS3. The fourth-order valence-electron chi connectivity index (χ4n) is 2.27. The van der Waals surface area contributed by atoms with Crippen LogP contribution in [-0.4, -0.2) is 25.5 Å². The Hall–Kier alpha value is -2.20. The number of fused-ring (bicyclic) bond motifs is 1. The number of benzene rings is 1. The molecule has 1 amide bonds. The van der Waals surface area contributed by atoms with Crippen molar-refractivity contribution in [2.45, 2.75) is 10.1 Å². The summed E-state index contributed by atoms with van der Waals surface area (Å²) in [4.78, 5) is 17.2.